The standard InChI is InChI=1S/C26H30ClN5O5/c1-35-13-14-37-26(34)29-20-7-5-18(6-8-20)22-23(27)31-24(30-22)21(28)16-17-3-2-4-19(15-17)25(33)32-9-11-36-12-10-32/h2-8,15,21H,9-14,16,28H2,1H3,(H,29,34)(H,30,31)/t21-/m0/s1. The van der Waals surface area contributed by atoms with E-state index in [4.69, 9.17) is 31.5 Å². The molecule has 1 aliphatic heterocycles. The number of carbonyl (C=O) groups is 2. The molecule has 1 aliphatic rings. The molecule has 10 nitrogen and oxygen atoms in total. The second-order valence-electron chi connectivity index (χ2n) is 8.53. The summed E-state index contributed by atoms with van der Waals surface area (Å²) in [4.78, 5) is 34.1. The highest BCUT2D eigenvalue weighted by molar-refractivity contribution is 6.31. The van der Waals surface area contributed by atoms with Crippen molar-refractivity contribution in [3.8, 4) is 11.3 Å². The van der Waals surface area contributed by atoms with E-state index in [0.717, 1.165) is 11.1 Å². The van der Waals surface area contributed by atoms with Gasteiger partial charge in [-0.2, -0.15) is 0 Å². The van der Waals surface area contributed by atoms with Crippen LogP contribution in [0.4, 0.5) is 10.5 Å². The third-order valence-electron chi connectivity index (χ3n) is 5.88. The molecular formula is C26H30ClN5O5. The smallest absolute Gasteiger partial charge is 0.411 e. The first-order valence-corrected chi connectivity index (χ1v) is 12.3. The number of imidazole rings is 1. The molecule has 2 amide bonds. The van der Waals surface area contributed by atoms with E-state index >= 15 is 0 Å². The Morgan fingerprint density at radius 3 is 2.68 bits per heavy atom. The van der Waals surface area contributed by atoms with Gasteiger partial charge in [0.1, 0.15) is 23.3 Å². The molecule has 0 spiro atoms. The summed E-state index contributed by atoms with van der Waals surface area (Å²) < 4.78 is 15.2. The number of hydrogen-bond acceptors (Lipinski definition) is 7. The average molecular weight is 528 g/mol. The SMILES string of the molecule is COCCOC(=O)Nc1ccc(-c2nc([C@@H](N)Cc3cccc(C(=O)N4CCOCC4)c3)[nH]c2Cl)cc1. The van der Waals surface area contributed by atoms with Gasteiger partial charge in [0.15, 0.2) is 0 Å². The van der Waals surface area contributed by atoms with Crippen LogP contribution in [0.3, 0.4) is 0 Å². The third kappa shape index (κ3) is 7.07. The van der Waals surface area contributed by atoms with Crippen molar-refractivity contribution in [1.82, 2.24) is 14.9 Å². The second kappa shape index (κ2) is 12.7. The number of carbonyl (C=O) groups excluding carboxylic acids is 2. The number of nitrogens with one attached hydrogen (secondary N) is 2. The minimum absolute atomic E-state index is 0.0109. The lowest BCUT2D eigenvalue weighted by Crippen LogP contribution is -2.40. The topological polar surface area (TPSA) is 132 Å². The molecule has 37 heavy (non-hydrogen) atoms. The van der Waals surface area contributed by atoms with Crippen LogP contribution < -0.4 is 11.1 Å². The Labute approximate surface area is 220 Å². The van der Waals surface area contributed by atoms with Crippen LogP contribution in [0.25, 0.3) is 11.3 Å². The van der Waals surface area contributed by atoms with Gasteiger partial charge in [0.05, 0.1) is 25.9 Å². The Balaban J connectivity index is 1.39. The summed E-state index contributed by atoms with van der Waals surface area (Å²) in [6.07, 6.45) is -0.0896. The lowest BCUT2D eigenvalue weighted by molar-refractivity contribution is 0.0303. The van der Waals surface area contributed by atoms with Gasteiger partial charge in [-0.25, -0.2) is 9.78 Å². The molecule has 196 valence electrons. The van der Waals surface area contributed by atoms with E-state index < -0.39 is 12.1 Å². The molecule has 0 radical (unpaired) electrons. The van der Waals surface area contributed by atoms with Crippen molar-refractivity contribution in [2.45, 2.75) is 12.5 Å². The number of ether oxygens (including phenoxy) is 3. The number of hydrogen-bond donors (Lipinski definition) is 3. The Kier molecular flexibility index (Phi) is 9.13. The average Bonchev–Trinajstić information content (AvgIpc) is 3.31. The van der Waals surface area contributed by atoms with Gasteiger partial charge in [-0.1, -0.05) is 35.9 Å². The highest BCUT2D eigenvalue weighted by Gasteiger charge is 2.20. The van der Waals surface area contributed by atoms with Crippen LogP contribution in [0.5, 0.6) is 0 Å². The molecule has 0 bridgehead atoms. The number of methoxy groups -OCH3 is 1. The molecule has 1 aromatic heterocycles. The maximum absolute atomic E-state index is 12.8. The van der Waals surface area contributed by atoms with Gasteiger partial charge >= 0.3 is 6.09 Å². The summed E-state index contributed by atoms with van der Waals surface area (Å²) in [6, 6.07) is 14.1. The quantitative estimate of drug-likeness (QED) is 0.362. The summed E-state index contributed by atoms with van der Waals surface area (Å²) in [7, 11) is 1.53. The first kappa shape index (κ1) is 26.6. The minimum atomic E-state index is -0.563. The number of rotatable bonds is 9. The molecule has 4 N–H and O–H groups in total. The number of H-pyrrole nitrogens is 1. The van der Waals surface area contributed by atoms with Crippen LogP contribution in [0.2, 0.25) is 5.15 Å². The molecule has 1 fully saturated rings. The van der Waals surface area contributed by atoms with E-state index in [1.807, 2.05) is 24.3 Å². The monoisotopic (exact) mass is 527 g/mol. The van der Waals surface area contributed by atoms with Crippen molar-refractivity contribution in [1.29, 1.82) is 0 Å². The molecule has 0 saturated carbocycles. The first-order valence-electron chi connectivity index (χ1n) is 11.9. The fraction of sp³-hybridized carbons (Fsp3) is 0.346. The number of amides is 2. The lowest BCUT2D eigenvalue weighted by atomic mass is 10.0. The number of nitrogens with two attached hydrogens (primary N) is 1. The lowest BCUT2D eigenvalue weighted by Gasteiger charge is -2.27. The first-order chi connectivity index (χ1) is 17.9. The Bertz CT molecular complexity index is 1210. The van der Waals surface area contributed by atoms with Crippen LogP contribution >= 0.6 is 11.6 Å². The van der Waals surface area contributed by atoms with Crippen LogP contribution in [-0.4, -0.2) is 73.5 Å². The third-order valence-corrected chi connectivity index (χ3v) is 6.16. The van der Waals surface area contributed by atoms with Crippen molar-refractivity contribution in [3.05, 3.63) is 70.6 Å². The zero-order valence-electron chi connectivity index (χ0n) is 20.5. The Hall–Kier alpha value is -3.44. The highest BCUT2D eigenvalue weighted by atomic mass is 35.5. The summed E-state index contributed by atoms with van der Waals surface area (Å²) >= 11 is 6.44. The molecule has 1 saturated heterocycles. The second-order valence-corrected chi connectivity index (χ2v) is 8.91. The van der Waals surface area contributed by atoms with Crippen molar-refractivity contribution in [2.24, 2.45) is 5.73 Å². The van der Waals surface area contributed by atoms with Crippen molar-refractivity contribution < 1.29 is 23.8 Å². The number of aromatic amines is 1. The van der Waals surface area contributed by atoms with Gasteiger partial charge in [-0.15, -0.1) is 0 Å². The summed E-state index contributed by atoms with van der Waals surface area (Å²) in [5.74, 6) is 0.525. The molecular weight excluding hydrogens is 498 g/mol. The van der Waals surface area contributed by atoms with Crippen molar-refractivity contribution >= 4 is 29.3 Å². The minimum Gasteiger partial charge on any atom is -0.447 e. The zero-order valence-corrected chi connectivity index (χ0v) is 21.3. The molecule has 0 aliphatic carbocycles. The summed E-state index contributed by atoms with van der Waals surface area (Å²) in [6.45, 7) is 2.78. The van der Waals surface area contributed by atoms with Crippen LogP contribution in [0, 0.1) is 0 Å². The molecule has 1 atom stereocenters. The number of benzene rings is 2. The van der Waals surface area contributed by atoms with E-state index in [2.05, 4.69) is 15.3 Å². The molecule has 2 heterocycles. The Morgan fingerprint density at radius 1 is 1.19 bits per heavy atom. The van der Waals surface area contributed by atoms with E-state index in [1.54, 1.807) is 29.2 Å². The largest absolute Gasteiger partial charge is 0.447 e. The van der Waals surface area contributed by atoms with Gasteiger partial charge in [0.25, 0.3) is 5.91 Å². The van der Waals surface area contributed by atoms with Crippen molar-refractivity contribution in [3.63, 3.8) is 0 Å². The van der Waals surface area contributed by atoms with E-state index in [0.29, 0.717) is 67.3 Å². The Morgan fingerprint density at radius 2 is 1.95 bits per heavy atom. The normalized spacial score (nSPS) is 14.3. The van der Waals surface area contributed by atoms with E-state index in [1.165, 1.54) is 7.11 Å². The van der Waals surface area contributed by atoms with Crippen LogP contribution in [0.1, 0.15) is 27.8 Å². The molecule has 11 heteroatoms. The maximum atomic E-state index is 12.8. The van der Waals surface area contributed by atoms with Gasteiger partial charge in [-0.3, -0.25) is 10.1 Å². The van der Waals surface area contributed by atoms with Crippen LogP contribution in [-0.2, 0) is 20.6 Å². The predicted molar refractivity (Wildman–Crippen MR) is 140 cm³/mol. The summed E-state index contributed by atoms with van der Waals surface area (Å²) in [5.41, 5.74) is 9.89. The highest BCUT2D eigenvalue weighted by Crippen LogP contribution is 2.29. The van der Waals surface area contributed by atoms with Crippen LogP contribution in [0.15, 0.2) is 48.5 Å². The molecule has 4 rings (SSSR count). The molecule has 2 aromatic carbocycles. The van der Waals surface area contributed by atoms with Crippen molar-refractivity contribution in [2.75, 3.05) is 51.9 Å². The predicted octanol–water partition coefficient (Wildman–Crippen LogP) is 3.64. The van der Waals surface area contributed by atoms with Gasteiger partial charge in [-0.05, 0) is 36.2 Å². The number of halogens is 1. The fourth-order valence-corrected chi connectivity index (χ4v) is 4.20. The zero-order chi connectivity index (χ0) is 26.2. The van der Waals surface area contributed by atoms with Gasteiger partial charge in [0, 0.05) is 37.0 Å². The van der Waals surface area contributed by atoms with E-state index in [-0.39, 0.29) is 12.5 Å². The summed E-state index contributed by atoms with van der Waals surface area (Å²) in [5, 5.41) is 3.01. The molecule has 0 unspecified atom stereocenters. The van der Waals surface area contributed by atoms with Gasteiger partial charge in [0.2, 0.25) is 0 Å². The number of nitrogens with zero attached hydrogens (tertiary/aromatic N) is 2. The van der Waals surface area contributed by atoms with E-state index in [9.17, 15) is 9.59 Å². The maximum Gasteiger partial charge on any atom is 0.411 e. The number of morpholine rings is 1. The van der Waals surface area contributed by atoms with Gasteiger partial charge < -0.3 is 29.8 Å². The number of aromatic nitrogens is 2. The fourth-order valence-electron chi connectivity index (χ4n) is 3.95. The number of anilines is 1. The molecule has 3 aromatic rings.